The minimum Gasteiger partial charge on any atom is -0.506 e. The summed E-state index contributed by atoms with van der Waals surface area (Å²) in [5.41, 5.74) is 3.58. The SMILES string of the molecule is C=CN(CC)c1ccc(N(C(=O)OCC)c2cc(NCOc3ccccc3)c(O)cc2NC(=O)C(CCCC)Oc2ccc(C)cc2C)c(C)n1. The largest absolute Gasteiger partial charge is 0.506 e. The van der Waals surface area contributed by atoms with E-state index in [0.29, 0.717) is 41.7 Å². The smallest absolute Gasteiger partial charge is 0.419 e. The summed E-state index contributed by atoms with van der Waals surface area (Å²) in [6.07, 6.45) is 2.19. The number of phenols is 1. The molecule has 3 aromatic carbocycles. The molecule has 0 bridgehead atoms. The Morgan fingerprint density at radius 3 is 2.37 bits per heavy atom. The number of benzene rings is 3. The van der Waals surface area contributed by atoms with Crippen LogP contribution in [0.25, 0.3) is 0 Å². The van der Waals surface area contributed by atoms with Crippen molar-refractivity contribution in [2.75, 3.05) is 40.3 Å². The monoisotopic (exact) mass is 695 g/mol. The molecule has 0 aliphatic heterocycles. The van der Waals surface area contributed by atoms with Gasteiger partial charge in [-0.3, -0.25) is 4.79 Å². The van der Waals surface area contributed by atoms with Gasteiger partial charge in [0.1, 0.15) is 23.1 Å². The Kier molecular flexibility index (Phi) is 13.7. The molecule has 0 saturated heterocycles. The minimum atomic E-state index is -0.851. The molecule has 1 aromatic heterocycles. The number of carbonyl (C=O) groups excluding carboxylic acids is 2. The lowest BCUT2D eigenvalue weighted by Gasteiger charge is -2.28. The van der Waals surface area contributed by atoms with Gasteiger partial charge >= 0.3 is 6.09 Å². The van der Waals surface area contributed by atoms with Gasteiger partial charge in [-0.1, -0.05) is 55.8 Å². The molecule has 0 saturated carbocycles. The van der Waals surface area contributed by atoms with Crippen LogP contribution in [0, 0.1) is 20.8 Å². The third kappa shape index (κ3) is 9.94. The summed E-state index contributed by atoms with van der Waals surface area (Å²) in [4.78, 5) is 35.9. The van der Waals surface area contributed by atoms with Crippen molar-refractivity contribution in [2.24, 2.45) is 0 Å². The summed E-state index contributed by atoms with van der Waals surface area (Å²) in [6.45, 7) is 16.1. The fraction of sp³-hybridized carbons (Fsp3) is 0.325. The van der Waals surface area contributed by atoms with Crippen molar-refractivity contribution in [3.63, 3.8) is 0 Å². The first-order chi connectivity index (χ1) is 24.6. The number of aromatic nitrogens is 1. The van der Waals surface area contributed by atoms with E-state index in [1.807, 2.05) is 81.1 Å². The van der Waals surface area contributed by atoms with E-state index in [4.69, 9.17) is 19.2 Å². The Bertz CT molecular complexity index is 1800. The van der Waals surface area contributed by atoms with Crippen molar-refractivity contribution >= 4 is 40.6 Å². The number of anilines is 5. The van der Waals surface area contributed by atoms with Crippen LogP contribution < -0.4 is 29.9 Å². The molecule has 0 spiro atoms. The van der Waals surface area contributed by atoms with Crippen molar-refractivity contribution in [3.05, 3.63) is 102 Å². The number of hydrogen-bond donors (Lipinski definition) is 3. The fourth-order valence-electron chi connectivity index (χ4n) is 5.48. The Morgan fingerprint density at radius 2 is 1.73 bits per heavy atom. The van der Waals surface area contributed by atoms with Gasteiger partial charge in [-0.25, -0.2) is 14.7 Å². The van der Waals surface area contributed by atoms with Crippen molar-refractivity contribution < 1.29 is 28.9 Å². The highest BCUT2D eigenvalue weighted by atomic mass is 16.6. The van der Waals surface area contributed by atoms with E-state index in [1.54, 1.807) is 38.2 Å². The number of carbonyl (C=O) groups is 2. The van der Waals surface area contributed by atoms with Crippen molar-refractivity contribution in [1.29, 1.82) is 0 Å². The Labute approximate surface area is 300 Å². The molecule has 51 heavy (non-hydrogen) atoms. The van der Waals surface area contributed by atoms with Crippen LogP contribution in [0.4, 0.5) is 33.4 Å². The van der Waals surface area contributed by atoms with E-state index in [9.17, 15) is 14.7 Å². The van der Waals surface area contributed by atoms with E-state index in [2.05, 4.69) is 17.2 Å². The summed E-state index contributed by atoms with van der Waals surface area (Å²) in [6, 6.07) is 21.5. The summed E-state index contributed by atoms with van der Waals surface area (Å²) < 4.78 is 17.7. The van der Waals surface area contributed by atoms with E-state index >= 15 is 0 Å². The number of amides is 2. The van der Waals surface area contributed by atoms with E-state index in [1.165, 1.54) is 11.0 Å². The Hall–Kier alpha value is -5.71. The number of unbranched alkanes of at least 4 members (excludes halogenated alkanes) is 1. The molecule has 11 heteroatoms. The highest BCUT2D eigenvalue weighted by Crippen LogP contribution is 2.41. The number of aryl methyl sites for hydroxylation is 3. The molecule has 0 aliphatic rings. The van der Waals surface area contributed by atoms with Gasteiger partial charge in [-0.05, 0) is 95.6 Å². The predicted octanol–water partition coefficient (Wildman–Crippen LogP) is 9.00. The van der Waals surface area contributed by atoms with Gasteiger partial charge in [0.15, 0.2) is 12.8 Å². The van der Waals surface area contributed by atoms with Crippen LogP contribution in [0.2, 0.25) is 0 Å². The number of hydrogen-bond acceptors (Lipinski definition) is 9. The lowest BCUT2D eigenvalue weighted by molar-refractivity contribution is -0.123. The van der Waals surface area contributed by atoms with Gasteiger partial charge in [0.2, 0.25) is 0 Å². The molecular weight excluding hydrogens is 646 g/mol. The molecular formula is C40H49N5O6. The van der Waals surface area contributed by atoms with Gasteiger partial charge < -0.3 is 34.9 Å². The maximum atomic E-state index is 14.1. The summed E-state index contributed by atoms with van der Waals surface area (Å²) in [5, 5.41) is 17.3. The van der Waals surface area contributed by atoms with Gasteiger partial charge in [0.25, 0.3) is 5.91 Å². The molecule has 3 N–H and O–H groups in total. The van der Waals surface area contributed by atoms with Gasteiger partial charge in [0, 0.05) is 12.6 Å². The van der Waals surface area contributed by atoms with Gasteiger partial charge in [0.05, 0.1) is 35.1 Å². The molecule has 1 atom stereocenters. The lowest BCUT2D eigenvalue weighted by atomic mass is 10.1. The fourth-order valence-corrected chi connectivity index (χ4v) is 5.48. The molecule has 270 valence electrons. The molecule has 4 aromatic rings. The zero-order valence-electron chi connectivity index (χ0n) is 30.4. The molecule has 0 radical (unpaired) electrons. The number of nitrogens with zero attached hydrogens (tertiary/aromatic N) is 3. The maximum absolute atomic E-state index is 14.1. The molecule has 0 aliphatic carbocycles. The number of phenolic OH excluding ortho intramolecular Hbond substituents is 1. The average Bonchev–Trinajstić information content (AvgIpc) is 3.11. The average molecular weight is 696 g/mol. The number of ether oxygens (including phenoxy) is 3. The summed E-state index contributed by atoms with van der Waals surface area (Å²) in [5.74, 6) is 1.28. The Morgan fingerprint density at radius 1 is 0.961 bits per heavy atom. The van der Waals surface area contributed by atoms with Crippen molar-refractivity contribution in [1.82, 2.24) is 4.98 Å². The van der Waals surface area contributed by atoms with Crippen molar-refractivity contribution in [2.45, 2.75) is 66.9 Å². The number of para-hydroxylation sites is 1. The third-order valence-corrected chi connectivity index (χ3v) is 8.16. The number of nitrogens with one attached hydrogen (secondary N) is 2. The van der Waals surface area contributed by atoms with Crippen LogP contribution >= 0.6 is 0 Å². The number of aromatic hydroxyl groups is 1. The zero-order valence-corrected chi connectivity index (χ0v) is 30.4. The van der Waals surface area contributed by atoms with Crippen LogP contribution in [-0.2, 0) is 9.53 Å². The number of pyridine rings is 1. The highest BCUT2D eigenvalue weighted by molar-refractivity contribution is 6.05. The third-order valence-electron chi connectivity index (χ3n) is 8.16. The lowest BCUT2D eigenvalue weighted by Crippen LogP contribution is -2.34. The zero-order chi connectivity index (χ0) is 36.9. The number of rotatable bonds is 17. The molecule has 4 rings (SSSR count). The Balaban J connectivity index is 1.80. The van der Waals surface area contributed by atoms with Gasteiger partial charge in [-0.2, -0.15) is 0 Å². The second kappa shape index (κ2) is 18.3. The quantitative estimate of drug-likeness (QED) is 0.0733. The predicted molar refractivity (Wildman–Crippen MR) is 204 cm³/mol. The first-order valence-electron chi connectivity index (χ1n) is 17.3. The van der Waals surface area contributed by atoms with Gasteiger partial charge in [-0.15, -0.1) is 0 Å². The van der Waals surface area contributed by atoms with Crippen LogP contribution in [-0.4, -0.2) is 48.1 Å². The maximum Gasteiger partial charge on any atom is 0.419 e. The summed E-state index contributed by atoms with van der Waals surface area (Å²) >= 11 is 0. The minimum absolute atomic E-state index is 0.00858. The molecule has 1 unspecified atom stereocenters. The van der Waals surface area contributed by atoms with Crippen LogP contribution in [0.5, 0.6) is 17.2 Å². The molecule has 1 heterocycles. The first-order valence-corrected chi connectivity index (χ1v) is 17.3. The van der Waals surface area contributed by atoms with Crippen LogP contribution in [0.15, 0.2) is 85.6 Å². The standard InChI is InChI=1S/C40H49N5O6/c1-8-12-18-37(51-36-21-19-27(5)23-28(36)6)39(47)43-31-25-35(46)32(41-26-50-30-16-14-13-15-17-30)24-34(31)45(40(48)49-11-4)33-20-22-38(42-29(33)7)44(9-2)10-3/h9,13-17,19-25,37,41,46H,2,8,10-12,18,26H2,1,3-7H3,(H,43,47). The van der Waals surface area contributed by atoms with Crippen LogP contribution in [0.3, 0.4) is 0 Å². The van der Waals surface area contributed by atoms with E-state index in [-0.39, 0.29) is 36.1 Å². The van der Waals surface area contributed by atoms with E-state index < -0.39 is 18.1 Å². The van der Waals surface area contributed by atoms with Crippen molar-refractivity contribution in [3.8, 4) is 17.2 Å². The van der Waals surface area contributed by atoms with E-state index in [0.717, 1.165) is 24.0 Å². The topological polar surface area (TPSA) is 125 Å². The second-order valence-electron chi connectivity index (χ2n) is 11.9. The molecule has 11 nitrogen and oxygen atoms in total. The molecule has 2 amide bonds. The first kappa shape index (κ1) is 38.1. The normalized spacial score (nSPS) is 11.3. The highest BCUT2D eigenvalue weighted by Gasteiger charge is 2.29. The summed E-state index contributed by atoms with van der Waals surface area (Å²) in [7, 11) is 0. The second-order valence-corrected chi connectivity index (χ2v) is 11.9. The molecule has 0 fully saturated rings. The van der Waals surface area contributed by atoms with Crippen LogP contribution in [0.1, 0.15) is 56.9 Å².